The zero-order chi connectivity index (χ0) is 10.3. The van der Waals surface area contributed by atoms with Crippen LogP contribution in [0.1, 0.15) is 0 Å². The molecule has 0 aliphatic heterocycles. The van der Waals surface area contributed by atoms with Crippen LogP contribution in [0.4, 0.5) is 5.69 Å². The standard InChI is InChI=1S/C8H7N3O3/c9-5-3-1-2-4-6(5)7(12)10-11(14)8(4)13/h1-3,14H,9H2,(H,10,12). The van der Waals surface area contributed by atoms with E-state index in [1.54, 1.807) is 6.07 Å². The third kappa shape index (κ3) is 0.972. The maximum Gasteiger partial charge on any atom is 0.308 e. The van der Waals surface area contributed by atoms with E-state index in [9.17, 15) is 9.59 Å². The monoisotopic (exact) mass is 193 g/mol. The summed E-state index contributed by atoms with van der Waals surface area (Å²) in [6.07, 6.45) is 0. The molecule has 0 amide bonds. The topological polar surface area (TPSA) is 101 Å². The molecule has 2 rings (SSSR count). The first kappa shape index (κ1) is 8.36. The molecule has 72 valence electrons. The number of hydrogen-bond donors (Lipinski definition) is 3. The van der Waals surface area contributed by atoms with Gasteiger partial charge in [0.2, 0.25) is 0 Å². The van der Waals surface area contributed by atoms with Gasteiger partial charge in [-0.2, -0.15) is 0 Å². The minimum absolute atomic E-state index is 0.0938. The van der Waals surface area contributed by atoms with Gasteiger partial charge in [0.25, 0.3) is 5.56 Å². The molecule has 1 aromatic heterocycles. The Morgan fingerprint density at radius 3 is 2.79 bits per heavy atom. The fourth-order valence-electron chi connectivity index (χ4n) is 1.32. The Morgan fingerprint density at radius 2 is 2.07 bits per heavy atom. The summed E-state index contributed by atoms with van der Waals surface area (Å²) in [7, 11) is 0. The molecule has 0 atom stereocenters. The molecule has 4 N–H and O–H groups in total. The first-order chi connectivity index (χ1) is 6.61. The number of nitrogens with zero attached hydrogens (tertiary/aromatic N) is 1. The average Bonchev–Trinajstić information content (AvgIpc) is 2.14. The van der Waals surface area contributed by atoms with Gasteiger partial charge in [0, 0.05) is 5.69 Å². The number of nitrogens with two attached hydrogens (primary N) is 1. The first-order valence-electron chi connectivity index (χ1n) is 3.84. The van der Waals surface area contributed by atoms with E-state index in [1.165, 1.54) is 12.1 Å². The number of rotatable bonds is 0. The highest BCUT2D eigenvalue weighted by Crippen LogP contribution is 2.11. The molecule has 6 nitrogen and oxygen atoms in total. The Bertz CT molecular complexity index is 611. The number of hydrogen-bond acceptors (Lipinski definition) is 4. The quantitative estimate of drug-likeness (QED) is 0.388. The normalized spacial score (nSPS) is 10.6. The molecule has 0 aliphatic carbocycles. The van der Waals surface area contributed by atoms with E-state index in [0.29, 0.717) is 0 Å². The van der Waals surface area contributed by atoms with Crippen molar-refractivity contribution in [2.75, 3.05) is 5.73 Å². The van der Waals surface area contributed by atoms with Gasteiger partial charge in [-0.15, -0.1) is 0 Å². The van der Waals surface area contributed by atoms with E-state index in [-0.39, 0.29) is 21.3 Å². The largest absolute Gasteiger partial charge is 0.410 e. The SMILES string of the molecule is Nc1cccc2c(=O)n(O)[nH]c(=O)c12. The number of nitrogen functional groups attached to an aromatic ring is 1. The van der Waals surface area contributed by atoms with Crippen molar-refractivity contribution < 1.29 is 5.21 Å². The van der Waals surface area contributed by atoms with Crippen molar-refractivity contribution in [3.8, 4) is 0 Å². The molecule has 0 unspecified atom stereocenters. The molecule has 1 heterocycles. The number of fused-ring (bicyclic) bond motifs is 1. The van der Waals surface area contributed by atoms with Crippen LogP contribution >= 0.6 is 0 Å². The highest BCUT2D eigenvalue weighted by molar-refractivity contribution is 5.91. The van der Waals surface area contributed by atoms with Gasteiger partial charge in [-0.1, -0.05) is 10.9 Å². The molecular weight excluding hydrogens is 186 g/mol. The third-order valence-electron chi connectivity index (χ3n) is 1.95. The highest BCUT2D eigenvalue weighted by atomic mass is 16.5. The van der Waals surface area contributed by atoms with E-state index in [4.69, 9.17) is 10.9 Å². The number of H-pyrrole nitrogens is 1. The van der Waals surface area contributed by atoms with Gasteiger partial charge in [-0.25, -0.2) is 5.10 Å². The minimum Gasteiger partial charge on any atom is -0.410 e. The maximum absolute atomic E-state index is 11.3. The molecule has 14 heavy (non-hydrogen) atoms. The van der Waals surface area contributed by atoms with Gasteiger partial charge in [-0.05, 0) is 12.1 Å². The smallest absolute Gasteiger partial charge is 0.308 e. The number of nitrogens with one attached hydrogen (secondary N) is 1. The fraction of sp³-hybridized carbons (Fsp3) is 0. The lowest BCUT2D eigenvalue weighted by atomic mass is 10.1. The van der Waals surface area contributed by atoms with Gasteiger partial charge in [0.15, 0.2) is 0 Å². The summed E-state index contributed by atoms with van der Waals surface area (Å²) >= 11 is 0. The number of benzene rings is 1. The van der Waals surface area contributed by atoms with Crippen molar-refractivity contribution in [2.24, 2.45) is 0 Å². The average molecular weight is 193 g/mol. The van der Waals surface area contributed by atoms with Gasteiger partial charge in [-0.3, -0.25) is 9.59 Å². The molecule has 0 aliphatic rings. The van der Waals surface area contributed by atoms with Crippen molar-refractivity contribution in [1.82, 2.24) is 9.94 Å². The van der Waals surface area contributed by atoms with E-state index in [2.05, 4.69) is 0 Å². The van der Waals surface area contributed by atoms with E-state index in [0.717, 1.165) is 0 Å². The highest BCUT2D eigenvalue weighted by Gasteiger charge is 2.07. The van der Waals surface area contributed by atoms with Crippen LogP contribution in [0.2, 0.25) is 0 Å². The second-order valence-electron chi connectivity index (χ2n) is 2.83. The molecular formula is C8H7N3O3. The lowest BCUT2D eigenvalue weighted by Gasteiger charge is -2.01. The van der Waals surface area contributed by atoms with Crippen LogP contribution in [0.25, 0.3) is 10.8 Å². The number of aromatic amines is 1. The first-order valence-corrected chi connectivity index (χ1v) is 3.84. The summed E-state index contributed by atoms with van der Waals surface area (Å²) in [5.74, 6) is 0. The lowest BCUT2D eigenvalue weighted by Crippen LogP contribution is -2.28. The Hall–Kier alpha value is -2.24. The molecule has 0 bridgehead atoms. The Kier molecular flexibility index (Phi) is 1.57. The lowest BCUT2D eigenvalue weighted by molar-refractivity contribution is 0.134. The van der Waals surface area contributed by atoms with Crippen molar-refractivity contribution >= 4 is 16.5 Å². The predicted octanol–water partition coefficient (Wildman–Crippen LogP) is -0.491. The van der Waals surface area contributed by atoms with Crippen LogP contribution in [0.3, 0.4) is 0 Å². The zero-order valence-corrected chi connectivity index (χ0v) is 7.02. The number of aromatic nitrogens is 2. The van der Waals surface area contributed by atoms with Crippen molar-refractivity contribution in [2.45, 2.75) is 0 Å². The van der Waals surface area contributed by atoms with Gasteiger partial charge < -0.3 is 10.9 Å². The molecule has 1 aromatic carbocycles. The predicted molar refractivity (Wildman–Crippen MR) is 50.4 cm³/mol. The fourth-order valence-corrected chi connectivity index (χ4v) is 1.32. The summed E-state index contributed by atoms with van der Waals surface area (Å²) in [4.78, 5) is 22.8. The van der Waals surface area contributed by atoms with Crippen molar-refractivity contribution in [3.05, 3.63) is 38.9 Å². The van der Waals surface area contributed by atoms with Crippen molar-refractivity contribution in [1.29, 1.82) is 0 Å². The Labute approximate surface area is 77.1 Å². The van der Waals surface area contributed by atoms with Gasteiger partial charge >= 0.3 is 5.56 Å². The van der Waals surface area contributed by atoms with E-state index in [1.807, 2.05) is 5.10 Å². The summed E-state index contributed by atoms with van der Waals surface area (Å²) < 4.78 is 0. The second kappa shape index (κ2) is 2.63. The summed E-state index contributed by atoms with van der Waals surface area (Å²) in [5, 5.41) is 11.1. The molecule has 6 heteroatoms. The number of anilines is 1. The van der Waals surface area contributed by atoms with Crippen molar-refractivity contribution in [3.63, 3.8) is 0 Å². The van der Waals surface area contributed by atoms with Crippen LogP contribution in [-0.2, 0) is 0 Å². The molecule has 0 fully saturated rings. The van der Waals surface area contributed by atoms with Crippen LogP contribution in [0, 0.1) is 0 Å². The van der Waals surface area contributed by atoms with Crippen LogP contribution in [0.5, 0.6) is 0 Å². The third-order valence-corrected chi connectivity index (χ3v) is 1.95. The maximum atomic E-state index is 11.3. The summed E-state index contributed by atoms with van der Waals surface area (Å²) in [5.41, 5.74) is 4.44. The Morgan fingerprint density at radius 1 is 1.36 bits per heavy atom. The molecule has 0 spiro atoms. The molecule has 2 aromatic rings. The minimum atomic E-state index is -0.702. The van der Waals surface area contributed by atoms with Crippen LogP contribution in [0.15, 0.2) is 27.8 Å². The second-order valence-corrected chi connectivity index (χ2v) is 2.83. The van der Waals surface area contributed by atoms with E-state index < -0.39 is 11.1 Å². The summed E-state index contributed by atoms with van der Waals surface area (Å²) in [6.45, 7) is 0. The van der Waals surface area contributed by atoms with Crippen LogP contribution in [-0.4, -0.2) is 15.2 Å². The molecule has 0 radical (unpaired) electrons. The zero-order valence-electron chi connectivity index (χ0n) is 7.02. The van der Waals surface area contributed by atoms with E-state index >= 15 is 0 Å². The van der Waals surface area contributed by atoms with Gasteiger partial charge in [0.05, 0.1) is 10.8 Å². The molecule has 0 saturated carbocycles. The summed E-state index contributed by atoms with van der Waals surface area (Å²) in [6, 6.07) is 4.48. The molecule has 0 saturated heterocycles. The van der Waals surface area contributed by atoms with Crippen LogP contribution < -0.4 is 16.9 Å². The Balaban J connectivity index is 3.18. The van der Waals surface area contributed by atoms with Gasteiger partial charge in [0.1, 0.15) is 0 Å².